The van der Waals surface area contributed by atoms with Crippen molar-refractivity contribution in [2.75, 3.05) is 12.3 Å². The number of rotatable bonds is 2. The van der Waals surface area contributed by atoms with E-state index >= 15 is 0 Å². The number of aliphatic hydroxyl groups excluding tert-OH is 2. The molecule has 118 valence electrons. The number of ether oxygens (including phenoxy) is 1. The first-order valence-electron chi connectivity index (χ1n) is 5.66. The van der Waals surface area contributed by atoms with Crippen LogP contribution >= 0.6 is 0 Å². The van der Waals surface area contributed by atoms with Crippen LogP contribution < -0.4 is 11.4 Å². The lowest BCUT2D eigenvalue weighted by Gasteiger charge is -2.31. The van der Waals surface area contributed by atoms with E-state index in [9.17, 15) is 27.5 Å². The van der Waals surface area contributed by atoms with Crippen LogP contribution in [-0.4, -0.2) is 50.4 Å². The monoisotopic (exact) mass is 313 g/mol. The molecule has 1 aromatic rings. The van der Waals surface area contributed by atoms with Crippen LogP contribution in [0.25, 0.3) is 0 Å². The third kappa shape index (κ3) is 2.26. The molecule has 1 aliphatic rings. The number of hydrogen-bond acceptors (Lipinski definition) is 6. The van der Waals surface area contributed by atoms with Gasteiger partial charge in [0.25, 0.3) is 0 Å². The Morgan fingerprint density at radius 2 is 2.14 bits per heavy atom. The van der Waals surface area contributed by atoms with Crippen LogP contribution in [-0.2, 0) is 4.74 Å². The van der Waals surface area contributed by atoms with Crippen LogP contribution in [0.5, 0.6) is 0 Å². The van der Waals surface area contributed by atoms with Gasteiger partial charge in [-0.1, -0.05) is 0 Å². The molecular weight excluding hydrogens is 302 g/mol. The Hall–Kier alpha value is -1.72. The first-order chi connectivity index (χ1) is 9.64. The van der Waals surface area contributed by atoms with E-state index < -0.39 is 42.6 Å². The van der Waals surface area contributed by atoms with Crippen LogP contribution in [0.1, 0.15) is 6.23 Å². The minimum absolute atomic E-state index is 0.213. The minimum atomic E-state index is -5.24. The van der Waals surface area contributed by atoms with Crippen molar-refractivity contribution in [2.24, 2.45) is 0 Å². The van der Waals surface area contributed by atoms with Crippen LogP contribution in [0, 0.1) is 0 Å². The van der Waals surface area contributed by atoms with E-state index in [0.717, 1.165) is 12.3 Å². The molecule has 4 N–H and O–H groups in total. The molecule has 0 aliphatic carbocycles. The second-order valence-electron chi connectivity index (χ2n) is 4.49. The Labute approximate surface area is 114 Å². The Morgan fingerprint density at radius 1 is 1.52 bits per heavy atom. The number of hydrogen-bond donors (Lipinski definition) is 3. The van der Waals surface area contributed by atoms with Crippen molar-refractivity contribution < 1.29 is 32.5 Å². The van der Waals surface area contributed by atoms with Crippen molar-refractivity contribution in [3.63, 3.8) is 0 Å². The fourth-order valence-corrected chi connectivity index (χ4v) is 2.05. The molecule has 0 amide bonds. The quantitative estimate of drug-likeness (QED) is 0.626. The standard InChI is InChI=1S/C10H11F4N3O4/c11-5-6(19)9(3-18,10(12,13)14)21-7(5)17-2-1-4(15)16-8(17)20/h1-2,5-7,18-19H,3H2,(H2,15,16,20)/t5-,6+,7-,9-/m1/s1. The molecule has 1 fully saturated rings. The molecule has 4 atom stereocenters. The molecule has 21 heavy (non-hydrogen) atoms. The highest BCUT2D eigenvalue weighted by atomic mass is 19.4. The summed E-state index contributed by atoms with van der Waals surface area (Å²) in [5.74, 6) is -0.213. The normalized spacial score (nSPS) is 33.3. The zero-order valence-corrected chi connectivity index (χ0v) is 10.3. The summed E-state index contributed by atoms with van der Waals surface area (Å²) in [6, 6.07) is 1.05. The first kappa shape index (κ1) is 15.7. The lowest BCUT2D eigenvalue weighted by atomic mass is 9.96. The van der Waals surface area contributed by atoms with E-state index in [1.54, 1.807) is 0 Å². The van der Waals surface area contributed by atoms with E-state index in [4.69, 9.17) is 10.8 Å². The molecule has 1 aliphatic heterocycles. The van der Waals surface area contributed by atoms with Crippen molar-refractivity contribution in [2.45, 2.75) is 30.3 Å². The molecule has 0 bridgehead atoms. The maximum absolute atomic E-state index is 14.0. The first-order valence-corrected chi connectivity index (χ1v) is 5.66. The lowest BCUT2D eigenvalue weighted by molar-refractivity contribution is -0.306. The smallest absolute Gasteiger partial charge is 0.393 e. The lowest BCUT2D eigenvalue weighted by Crippen LogP contribution is -2.56. The summed E-state index contributed by atoms with van der Waals surface area (Å²) < 4.78 is 57.7. The fraction of sp³-hybridized carbons (Fsp3) is 0.600. The molecular formula is C10H11F4N3O4. The molecule has 0 unspecified atom stereocenters. The molecule has 0 spiro atoms. The Kier molecular flexibility index (Phi) is 3.68. The number of aromatic nitrogens is 2. The number of nitrogens with zero attached hydrogens (tertiary/aromatic N) is 2. The van der Waals surface area contributed by atoms with E-state index in [0.29, 0.717) is 4.57 Å². The van der Waals surface area contributed by atoms with Crippen molar-refractivity contribution in [1.29, 1.82) is 0 Å². The SMILES string of the molecule is Nc1ccn([C@@H]2O[C@@](CO)(C(F)(F)F)[C@@H](O)[C@H]2F)c(=O)n1. The zero-order valence-electron chi connectivity index (χ0n) is 10.3. The summed E-state index contributed by atoms with van der Waals surface area (Å²) in [4.78, 5) is 14.8. The number of alkyl halides is 4. The number of aliphatic hydroxyl groups is 2. The van der Waals surface area contributed by atoms with Crippen molar-refractivity contribution in [1.82, 2.24) is 9.55 Å². The summed E-state index contributed by atoms with van der Waals surface area (Å²) in [6.07, 6.45) is -11.7. The Balaban J connectivity index is 2.47. The average Bonchev–Trinajstić information content (AvgIpc) is 2.63. The van der Waals surface area contributed by atoms with Gasteiger partial charge in [0.2, 0.25) is 5.60 Å². The summed E-state index contributed by atoms with van der Waals surface area (Å²) in [5, 5.41) is 18.4. The third-order valence-electron chi connectivity index (χ3n) is 3.22. The summed E-state index contributed by atoms with van der Waals surface area (Å²) in [7, 11) is 0. The Morgan fingerprint density at radius 3 is 2.57 bits per heavy atom. The fourth-order valence-electron chi connectivity index (χ4n) is 2.05. The van der Waals surface area contributed by atoms with Gasteiger partial charge in [-0.05, 0) is 6.07 Å². The van der Waals surface area contributed by atoms with E-state index in [2.05, 4.69) is 9.72 Å². The van der Waals surface area contributed by atoms with Gasteiger partial charge in [-0.25, -0.2) is 9.18 Å². The number of nitrogen functional groups attached to an aromatic ring is 1. The van der Waals surface area contributed by atoms with Crippen LogP contribution in [0.3, 0.4) is 0 Å². The minimum Gasteiger partial charge on any atom is -0.393 e. The molecule has 11 heteroatoms. The van der Waals surface area contributed by atoms with Gasteiger partial charge in [0, 0.05) is 6.20 Å². The maximum Gasteiger partial charge on any atom is 0.422 e. The summed E-state index contributed by atoms with van der Waals surface area (Å²) in [5.41, 5.74) is 0.545. The van der Waals surface area contributed by atoms with Crippen LogP contribution in [0.4, 0.5) is 23.4 Å². The molecule has 2 rings (SSSR count). The van der Waals surface area contributed by atoms with E-state index in [-0.39, 0.29) is 5.82 Å². The van der Waals surface area contributed by atoms with Gasteiger partial charge < -0.3 is 20.7 Å². The number of anilines is 1. The predicted octanol–water partition coefficient (Wildman–Crippen LogP) is -0.653. The predicted molar refractivity (Wildman–Crippen MR) is 59.8 cm³/mol. The van der Waals surface area contributed by atoms with Gasteiger partial charge >= 0.3 is 11.9 Å². The van der Waals surface area contributed by atoms with E-state index in [1.807, 2.05) is 0 Å². The highest BCUT2D eigenvalue weighted by Crippen LogP contribution is 2.47. The zero-order chi connectivity index (χ0) is 16.0. The second-order valence-corrected chi connectivity index (χ2v) is 4.49. The molecule has 2 heterocycles. The van der Waals surface area contributed by atoms with Crippen LogP contribution in [0.15, 0.2) is 17.1 Å². The molecule has 0 aromatic carbocycles. The van der Waals surface area contributed by atoms with Gasteiger partial charge in [0.15, 0.2) is 12.4 Å². The van der Waals surface area contributed by atoms with Gasteiger partial charge in [-0.15, -0.1) is 0 Å². The number of halogens is 4. The Bertz CT molecular complexity index is 592. The highest BCUT2D eigenvalue weighted by molar-refractivity contribution is 5.23. The van der Waals surface area contributed by atoms with Crippen LogP contribution in [0.2, 0.25) is 0 Å². The van der Waals surface area contributed by atoms with Gasteiger partial charge in [-0.2, -0.15) is 18.2 Å². The van der Waals surface area contributed by atoms with Gasteiger partial charge in [0.05, 0.1) is 6.61 Å². The second kappa shape index (κ2) is 4.93. The highest BCUT2D eigenvalue weighted by Gasteiger charge is 2.69. The number of nitrogens with two attached hydrogens (primary N) is 1. The van der Waals surface area contributed by atoms with Crippen molar-refractivity contribution in [3.05, 3.63) is 22.7 Å². The molecule has 1 aromatic heterocycles. The van der Waals surface area contributed by atoms with Crippen molar-refractivity contribution >= 4 is 5.82 Å². The van der Waals surface area contributed by atoms with Gasteiger partial charge in [-0.3, -0.25) is 4.57 Å². The molecule has 7 nitrogen and oxygen atoms in total. The van der Waals surface area contributed by atoms with E-state index in [1.165, 1.54) is 0 Å². The third-order valence-corrected chi connectivity index (χ3v) is 3.22. The molecule has 0 radical (unpaired) electrons. The summed E-state index contributed by atoms with van der Waals surface area (Å²) in [6.45, 7) is -1.70. The van der Waals surface area contributed by atoms with Crippen molar-refractivity contribution in [3.8, 4) is 0 Å². The summed E-state index contributed by atoms with van der Waals surface area (Å²) >= 11 is 0. The largest absolute Gasteiger partial charge is 0.422 e. The molecule has 1 saturated heterocycles. The maximum atomic E-state index is 14.0. The molecule has 0 saturated carbocycles. The topological polar surface area (TPSA) is 111 Å². The van der Waals surface area contributed by atoms with Gasteiger partial charge in [0.1, 0.15) is 11.9 Å². The average molecular weight is 313 g/mol.